The van der Waals surface area contributed by atoms with E-state index >= 15 is 0 Å². The monoisotopic (exact) mass is 221 g/mol. The highest BCUT2D eigenvalue weighted by molar-refractivity contribution is 5.36. The van der Waals surface area contributed by atoms with Gasteiger partial charge in [-0.15, -0.1) is 0 Å². The summed E-state index contributed by atoms with van der Waals surface area (Å²) < 4.78 is 0. The molecule has 16 heavy (non-hydrogen) atoms. The minimum atomic E-state index is 0.865. The van der Waals surface area contributed by atoms with Gasteiger partial charge >= 0.3 is 0 Å². The second-order valence-electron chi connectivity index (χ2n) is 4.19. The SMILES string of the molecule is CC.Cc1cnc(N2CCC(C)CC2)cn1. The molecule has 1 aromatic heterocycles. The van der Waals surface area contributed by atoms with Crippen molar-refractivity contribution in [2.75, 3.05) is 18.0 Å². The fourth-order valence-corrected chi connectivity index (χ4v) is 1.79. The number of rotatable bonds is 1. The van der Waals surface area contributed by atoms with Crippen LogP contribution < -0.4 is 4.90 Å². The van der Waals surface area contributed by atoms with Crippen LogP contribution in [-0.4, -0.2) is 23.1 Å². The molecule has 1 fully saturated rings. The van der Waals surface area contributed by atoms with E-state index in [4.69, 9.17) is 0 Å². The van der Waals surface area contributed by atoms with Gasteiger partial charge < -0.3 is 4.90 Å². The third-order valence-corrected chi connectivity index (χ3v) is 2.87. The zero-order valence-corrected chi connectivity index (χ0v) is 10.9. The van der Waals surface area contributed by atoms with Crippen LogP contribution in [0.15, 0.2) is 12.4 Å². The summed E-state index contributed by atoms with van der Waals surface area (Å²) in [6.45, 7) is 10.5. The van der Waals surface area contributed by atoms with Crippen LogP contribution in [0.3, 0.4) is 0 Å². The lowest BCUT2D eigenvalue weighted by molar-refractivity contribution is 0.436. The van der Waals surface area contributed by atoms with Gasteiger partial charge in [-0.25, -0.2) is 4.98 Å². The molecule has 1 aliphatic heterocycles. The van der Waals surface area contributed by atoms with Gasteiger partial charge in [0.25, 0.3) is 0 Å². The molecule has 0 aromatic carbocycles. The smallest absolute Gasteiger partial charge is 0.147 e. The highest BCUT2D eigenvalue weighted by atomic mass is 15.2. The molecule has 1 aliphatic rings. The lowest BCUT2D eigenvalue weighted by atomic mass is 9.99. The molecule has 0 saturated carbocycles. The lowest BCUT2D eigenvalue weighted by Crippen LogP contribution is -2.33. The van der Waals surface area contributed by atoms with Crippen molar-refractivity contribution in [1.29, 1.82) is 0 Å². The van der Waals surface area contributed by atoms with Gasteiger partial charge in [-0.1, -0.05) is 20.8 Å². The zero-order chi connectivity index (χ0) is 12.0. The molecule has 0 bridgehead atoms. The highest BCUT2D eigenvalue weighted by Gasteiger charge is 2.16. The number of hydrogen-bond acceptors (Lipinski definition) is 3. The second-order valence-corrected chi connectivity index (χ2v) is 4.19. The quantitative estimate of drug-likeness (QED) is 0.730. The van der Waals surface area contributed by atoms with E-state index in [1.54, 1.807) is 0 Å². The van der Waals surface area contributed by atoms with Crippen molar-refractivity contribution in [2.24, 2.45) is 5.92 Å². The van der Waals surface area contributed by atoms with Crippen molar-refractivity contribution in [3.63, 3.8) is 0 Å². The van der Waals surface area contributed by atoms with E-state index in [1.807, 2.05) is 33.2 Å². The summed E-state index contributed by atoms with van der Waals surface area (Å²) in [4.78, 5) is 11.0. The van der Waals surface area contributed by atoms with Crippen LogP contribution in [0.4, 0.5) is 5.82 Å². The standard InChI is InChI=1S/C11H17N3.C2H6/c1-9-3-5-14(6-4-9)11-8-12-10(2)7-13-11;1-2/h7-9H,3-6H2,1-2H3;1-2H3. The average molecular weight is 221 g/mol. The van der Waals surface area contributed by atoms with Crippen LogP contribution in [0.5, 0.6) is 0 Å². The van der Waals surface area contributed by atoms with Gasteiger partial charge in [-0.2, -0.15) is 0 Å². The average Bonchev–Trinajstić information content (AvgIpc) is 2.34. The number of anilines is 1. The van der Waals surface area contributed by atoms with Crippen molar-refractivity contribution >= 4 is 5.82 Å². The minimum Gasteiger partial charge on any atom is -0.355 e. The maximum Gasteiger partial charge on any atom is 0.147 e. The topological polar surface area (TPSA) is 29.0 Å². The van der Waals surface area contributed by atoms with Crippen molar-refractivity contribution in [2.45, 2.75) is 40.5 Å². The molecule has 0 N–H and O–H groups in total. The van der Waals surface area contributed by atoms with Crippen LogP contribution >= 0.6 is 0 Å². The van der Waals surface area contributed by atoms with Crippen molar-refractivity contribution < 1.29 is 0 Å². The Balaban J connectivity index is 0.000000606. The first-order valence-corrected chi connectivity index (χ1v) is 6.29. The summed E-state index contributed by atoms with van der Waals surface area (Å²) in [5.41, 5.74) is 0.985. The molecule has 2 heterocycles. The maximum absolute atomic E-state index is 4.39. The summed E-state index contributed by atoms with van der Waals surface area (Å²) in [6.07, 6.45) is 6.27. The maximum atomic E-state index is 4.39. The minimum absolute atomic E-state index is 0.865. The number of nitrogens with zero attached hydrogens (tertiary/aromatic N) is 3. The summed E-state index contributed by atoms with van der Waals surface area (Å²) in [5.74, 6) is 1.90. The van der Waals surface area contributed by atoms with E-state index in [9.17, 15) is 0 Å². The predicted molar refractivity (Wildman–Crippen MR) is 68.7 cm³/mol. The van der Waals surface area contributed by atoms with Crippen LogP contribution in [-0.2, 0) is 0 Å². The normalized spacial score (nSPS) is 16.6. The molecule has 3 nitrogen and oxygen atoms in total. The molecule has 0 amide bonds. The Labute approximate surface area is 98.9 Å². The molecule has 1 aromatic rings. The van der Waals surface area contributed by atoms with E-state index in [0.717, 1.165) is 30.5 Å². The molecular formula is C13H23N3. The Bertz CT molecular complexity index is 287. The summed E-state index contributed by atoms with van der Waals surface area (Å²) in [5, 5.41) is 0. The van der Waals surface area contributed by atoms with E-state index in [1.165, 1.54) is 12.8 Å². The number of piperidine rings is 1. The molecule has 0 spiro atoms. The molecule has 3 heteroatoms. The van der Waals surface area contributed by atoms with Crippen molar-refractivity contribution in [3.05, 3.63) is 18.1 Å². The van der Waals surface area contributed by atoms with Crippen LogP contribution in [0.1, 0.15) is 39.3 Å². The van der Waals surface area contributed by atoms with Crippen LogP contribution in [0, 0.1) is 12.8 Å². The second kappa shape index (κ2) is 6.46. The lowest BCUT2D eigenvalue weighted by Gasteiger charge is -2.30. The molecule has 0 unspecified atom stereocenters. The molecule has 0 aliphatic carbocycles. The Morgan fingerprint density at radius 1 is 1.12 bits per heavy atom. The van der Waals surface area contributed by atoms with Crippen LogP contribution in [0.25, 0.3) is 0 Å². The Morgan fingerprint density at radius 2 is 1.75 bits per heavy atom. The third kappa shape index (κ3) is 3.47. The number of aryl methyl sites for hydroxylation is 1. The first-order chi connectivity index (χ1) is 7.75. The van der Waals surface area contributed by atoms with Gasteiger partial charge in [0, 0.05) is 13.1 Å². The Morgan fingerprint density at radius 3 is 2.25 bits per heavy atom. The van der Waals surface area contributed by atoms with Crippen molar-refractivity contribution in [3.8, 4) is 0 Å². The molecule has 2 rings (SSSR count). The molecule has 0 atom stereocenters. The zero-order valence-electron chi connectivity index (χ0n) is 10.9. The first-order valence-electron chi connectivity index (χ1n) is 6.29. The fraction of sp³-hybridized carbons (Fsp3) is 0.692. The highest BCUT2D eigenvalue weighted by Crippen LogP contribution is 2.20. The van der Waals surface area contributed by atoms with Gasteiger partial charge in [0.2, 0.25) is 0 Å². The predicted octanol–water partition coefficient (Wildman–Crippen LogP) is 3.05. The van der Waals surface area contributed by atoms with Crippen LogP contribution in [0.2, 0.25) is 0 Å². The third-order valence-electron chi connectivity index (χ3n) is 2.87. The molecule has 90 valence electrons. The van der Waals surface area contributed by atoms with E-state index in [-0.39, 0.29) is 0 Å². The van der Waals surface area contributed by atoms with E-state index in [2.05, 4.69) is 21.8 Å². The van der Waals surface area contributed by atoms with E-state index in [0.29, 0.717) is 0 Å². The first kappa shape index (κ1) is 12.9. The van der Waals surface area contributed by atoms with E-state index < -0.39 is 0 Å². The molecular weight excluding hydrogens is 198 g/mol. The Hall–Kier alpha value is -1.12. The summed E-state index contributed by atoms with van der Waals surface area (Å²) in [7, 11) is 0. The van der Waals surface area contributed by atoms with Gasteiger partial charge in [0.15, 0.2) is 0 Å². The fourth-order valence-electron chi connectivity index (χ4n) is 1.79. The largest absolute Gasteiger partial charge is 0.355 e. The number of hydrogen-bond donors (Lipinski definition) is 0. The summed E-state index contributed by atoms with van der Waals surface area (Å²) in [6, 6.07) is 0. The van der Waals surface area contributed by atoms with Gasteiger partial charge in [-0.05, 0) is 25.7 Å². The summed E-state index contributed by atoms with van der Waals surface area (Å²) >= 11 is 0. The van der Waals surface area contributed by atoms with Crippen molar-refractivity contribution in [1.82, 2.24) is 9.97 Å². The Kier molecular flexibility index (Phi) is 5.23. The number of aromatic nitrogens is 2. The molecule has 0 radical (unpaired) electrons. The van der Waals surface area contributed by atoms with Gasteiger partial charge in [-0.3, -0.25) is 4.98 Å². The van der Waals surface area contributed by atoms with Gasteiger partial charge in [0.05, 0.1) is 18.1 Å². The molecule has 1 saturated heterocycles. The van der Waals surface area contributed by atoms with Gasteiger partial charge in [0.1, 0.15) is 5.82 Å².